The largest absolute Gasteiger partial charge is 0.508 e. The second-order valence-corrected chi connectivity index (χ2v) is 4.68. The predicted molar refractivity (Wildman–Crippen MR) is 70.3 cm³/mol. The van der Waals surface area contributed by atoms with Crippen molar-refractivity contribution in [1.82, 2.24) is 4.90 Å². The van der Waals surface area contributed by atoms with E-state index < -0.39 is 0 Å². The fraction of sp³-hybridized carbons (Fsp3) is 0.385. The molecule has 1 saturated heterocycles. The average molecular weight is 263 g/mol. The van der Waals surface area contributed by atoms with E-state index >= 15 is 0 Å². The van der Waals surface area contributed by atoms with Crippen molar-refractivity contribution in [2.45, 2.75) is 25.8 Å². The maximum atomic E-state index is 12.4. The van der Waals surface area contributed by atoms with E-state index in [-0.39, 0.29) is 23.5 Å². The van der Waals surface area contributed by atoms with Crippen LogP contribution in [0.5, 0.6) is 5.75 Å². The molecule has 1 atom stereocenters. The number of carbonyl (C=O) groups excluding carboxylic acids is 1. The summed E-state index contributed by atoms with van der Waals surface area (Å²) >= 11 is 0. The van der Waals surface area contributed by atoms with E-state index in [0.717, 1.165) is 6.42 Å². The van der Waals surface area contributed by atoms with Crippen molar-refractivity contribution in [2.24, 2.45) is 10.9 Å². The highest BCUT2D eigenvalue weighted by molar-refractivity contribution is 5.98. The van der Waals surface area contributed by atoms with E-state index in [1.54, 1.807) is 24.0 Å². The number of rotatable bonds is 2. The summed E-state index contributed by atoms with van der Waals surface area (Å²) in [6.07, 6.45) is 1.52. The molecule has 1 aromatic carbocycles. The normalized spacial score (nSPS) is 19.7. The van der Waals surface area contributed by atoms with Crippen molar-refractivity contribution in [1.29, 1.82) is 0 Å². The lowest BCUT2D eigenvalue weighted by molar-refractivity contribution is 0.0768. The molecule has 1 aliphatic heterocycles. The number of carbonyl (C=O) groups is 1. The van der Waals surface area contributed by atoms with Gasteiger partial charge in [-0.25, -0.2) is 0 Å². The molecule has 0 radical (unpaired) electrons. The number of aryl methyl sites for hydroxylation is 1. The highest BCUT2D eigenvalue weighted by atomic mass is 16.4. The summed E-state index contributed by atoms with van der Waals surface area (Å²) < 4.78 is 0. The number of nitrogens with zero attached hydrogens (tertiary/aromatic N) is 2. The highest BCUT2D eigenvalue weighted by Gasteiger charge is 2.32. The molecular formula is C13H17N3O3. The molecule has 6 heteroatoms. The minimum absolute atomic E-state index is 0.0568. The minimum atomic E-state index is -0.355. The van der Waals surface area contributed by atoms with E-state index in [1.165, 1.54) is 6.07 Å². The lowest BCUT2D eigenvalue weighted by Gasteiger charge is -2.23. The summed E-state index contributed by atoms with van der Waals surface area (Å²) in [5.74, 6) is 0.0458. The molecule has 0 aliphatic carbocycles. The summed E-state index contributed by atoms with van der Waals surface area (Å²) in [7, 11) is 0. The Morgan fingerprint density at radius 2 is 2.26 bits per heavy atom. The van der Waals surface area contributed by atoms with Gasteiger partial charge in [0.05, 0.1) is 6.04 Å². The van der Waals surface area contributed by atoms with Crippen molar-refractivity contribution in [3.05, 3.63) is 29.3 Å². The molecule has 6 nitrogen and oxygen atoms in total. The first-order valence-electron chi connectivity index (χ1n) is 6.12. The van der Waals surface area contributed by atoms with Gasteiger partial charge in [0.15, 0.2) is 5.84 Å². The molecule has 1 amide bonds. The Bertz CT molecular complexity index is 528. The molecule has 19 heavy (non-hydrogen) atoms. The monoisotopic (exact) mass is 263 g/mol. The summed E-state index contributed by atoms with van der Waals surface area (Å²) in [6, 6.07) is 4.36. The Balaban J connectivity index is 2.25. The summed E-state index contributed by atoms with van der Waals surface area (Å²) in [5, 5.41) is 21.2. The number of amidine groups is 1. The zero-order chi connectivity index (χ0) is 14.0. The van der Waals surface area contributed by atoms with Crippen LogP contribution in [0.15, 0.2) is 23.4 Å². The molecule has 1 heterocycles. The molecular weight excluding hydrogens is 246 g/mol. The molecule has 0 saturated carbocycles. The quantitative estimate of drug-likeness (QED) is 0.321. The fourth-order valence-electron chi connectivity index (χ4n) is 2.34. The van der Waals surface area contributed by atoms with Crippen LogP contribution in [0, 0.1) is 6.92 Å². The van der Waals surface area contributed by atoms with E-state index in [1.807, 2.05) is 0 Å². The van der Waals surface area contributed by atoms with Gasteiger partial charge < -0.3 is 20.9 Å². The van der Waals surface area contributed by atoms with Gasteiger partial charge in [0, 0.05) is 12.1 Å². The molecule has 2 rings (SSSR count). The summed E-state index contributed by atoms with van der Waals surface area (Å²) in [6.45, 7) is 2.32. The number of likely N-dealkylation sites (tertiary alicyclic amines) is 1. The maximum absolute atomic E-state index is 12.4. The number of hydrogen-bond acceptors (Lipinski definition) is 4. The lowest BCUT2D eigenvalue weighted by atomic mass is 10.1. The first kappa shape index (κ1) is 13.2. The van der Waals surface area contributed by atoms with Crippen molar-refractivity contribution in [3.8, 4) is 5.75 Å². The Hall–Kier alpha value is -2.24. The van der Waals surface area contributed by atoms with Gasteiger partial charge in [-0.3, -0.25) is 4.79 Å². The zero-order valence-electron chi connectivity index (χ0n) is 10.7. The molecule has 0 aromatic heterocycles. The predicted octanol–water partition coefficient (Wildman–Crippen LogP) is 1.05. The van der Waals surface area contributed by atoms with Crippen LogP contribution in [-0.4, -0.2) is 39.5 Å². The van der Waals surface area contributed by atoms with Gasteiger partial charge in [0.1, 0.15) is 5.75 Å². The molecule has 4 N–H and O–H groups in total. The van der Waals surface area contributed by atoms with Gasteiger partial charge in [-0.1, -0.05) is 5.16 Å². The van der Waals surface area contributed by atoms with Crippen molar-refractivity contribution in [2.75, 3.05) is 6.54 Å². The smallest absolute Gasteiger partial charge is 0.254 e. The second-order valence-electron chi connectivity index (χ2n) is 4.68. The SMILES string of the molecule is Cc1cc(C(=O)N2CCCC2/C(N)=N/O)ccc1O. The fourth-order valence-corrected chi connectivity index (χ4v) is 2.34. The third-order valence-corrected chi connectivity index (χ3v) is 3.41. The van der Waals surface area contributed by atoms with Gasteiger partial charge in [-0.15, -0.1) is 0 Å². The lowest BCUT2D eigenvalue weighted by Crippen LogP contribution is -2.43. The van der Waals surface area contributed by atoms with Gasteiger partial charge in [-0.05, 0) is 43.5 Å². The zero-order valence-corrected chi connectivity index (χ0v) is 10.7. The Morgan fingerprint density at radius 1 is 1.53 bits per heavy atom. The summed E-state index contributed by atoms with van der Waals surface area (Å²) in [4.78, 5) is 14.0. The number of nitrogens with two attached hydrogens (primary N) is 1. The Kier molecular flexibility index (Phi) is 3.59. The van der Waals surface area contributed by atoms with Crippen LogP contribution >= 0.6 is 0 Å². The third-order valence-electron chi connectivity index (χ3n) is 3.41. The molecule has 0 bridgehead atoms. The van der Waals surface area contributed by atoms with Crippen LogP contribution in [0.1, 0.15) is 28.8 Å². The van der Waals surface area contributed by atoms with Crippen molar-refractivity contribution < 1.29 is 15.1 Å². The van der Waals surface area contributed by atoms with E-state index in [4.69, 9.17) is 10.9 Å². The van der Waals surface area contributed by atoms with Crippen LogP contribution in [0.25, 0.3) is 0 Å². The number of benzene rings is 1. The Morgan fingerprint density at radius 3 is 2.89 bits per heavy atom. The van der Waals surface area contributed by atoms with Crippen LogP contribution in [0.4, 0.5) is 0 Å². The van der Waals surface area contributed by atoms with Crippen molar-refractivity contribution >= 4 is 11.7 Å². The van der Waals surface area contributed by atoms with Gasteiger partial charge in [0.25, 0.3) is 5.91 Å². The Labute approximate surface area is 111 Å². The number of oxime groups is 1. The third kappa shape index (κ3) is 2.47. The first-order valence-corrected chi connectivity index (χ1v) is 6.12. The second kappa shape index (κ2) is 5.17. The maximum Gasteiger partial charge on any atom is 0.254 e. The molecule has 0 spiro atoms. The number of phenolic OH excluding ortho intramolecular Hbond substituents is 1. The van der Waals surface area contributed by atoms with E-state index in [0.29, 0.717) is 24.1 Å². The van der Waals surface area contributed by atoms with E-state index in [9.17, 15) is 9.90 Å². The number of amides is 1. The number of phenols is 1. The molecule has 1 fully saturated rings. The molecule has 102 valence electrons. The first-order chi connectivity index (χ1) is 9.04. The summed E-state index contributed by atoms with van der Waals surface area (Å²) in [5.41, 5.74) is 6.74. The van der Waals surface area contributed by atoms with Crippen LogP contribution in [0.2, 0.25) is 0 Å². The van der Waals surface area contributed by atoms with Gasteiger partial charge >= 0.3 is 0 Å². The molecule has 1 aromatic rings. The highest BCUT2D eigenvalue weighted by Crippen LogP contribution is 2.23. The van der Waals surface area contributed by atoms with Gasteiger partial charge in [-0.2, -0.15) is 0 Å². The molecule has 1 aliphatic rings. The number of aromatic hydroxyl groups is 1. The standard InChI is InChI=1S/C13H17N3O3/c1-8-7-9(4-5-11(8)17)13(18)16-6-2-3-10(16)12(14)15-19/h4-5,7,10,17,19H,2-3,6H2,1H3,(H2,14,15). The molecule has 1 unspecified atom stereocenters. The van der Waals surface area contributed by atoms with Crippen LogP contribution < -0.4 is 5.73 Å². The average Bonchev–Trinajstić information content (AvgIpc) is 2.89. The van der Waals surface area contributed by atoms with Crippen LogP contribution in [-0.2, 0) is 0 Å². The van der Waals surface area contributed by atoms with Crippen molar-refractivity contribution in [3.63, 3.8) is 0 Å². The topological polar surface area (TPSA) is 99.2 Å². The minimum Gasteiger partial charge on any atom is -0.508 e. The van der Waals surface area contributed by atoms with Crippen LogP contribution in [0.3, 0.4) is 0 Å². The van der Waals surface area contributed by atoms with E-state index in [2.05, 4.69) is 5.16 Å². The van der Waals surface area contributed by atoms with Gasteiger partial charge in [0.2, 0.25) is 0 Å². The number of hydrogen-bond donors (Lipinski definition) is 3.